The number of nitrogens with zero attached hydrogens (tertiary/aromatic N) is 1. The highest BCUT2D eigenvalue weighted by atomic mass is 32.2. The van der Waals surface area contributed by atoms with E-state index in [4.69, 9.17) is 14.2 Å². The number of aromatic nitrogens is 1. The predicted molar refractivity (Wildman–Crippen MR) is 128 cm³/mol. The van der Waals surface area contributed by atoms with Gasteiger partial charge in [-0.3, -0.25) is 14.6 Å². The number of carbonyl (C=O) groups excluding carboxylic acids is 2. The number of hydrogen-bond acceptors (Lipinski definition) is 7. The van der Waals surface area contributed by atoms with Crippen molar-refractivity contribution in [3.63, 3.8) is 0 Å². The number of halogens is 1. The average molecular weight is 471 g/mol. The molecule has 0 unspecified atom stereocenters. The van der Waals surface area contributed by atoms with Gasteiger partial charge in [0.05, 0.1) is 12.6 Å². The summed E-state index contributed by atoms with van der Waals surface area (Å²) >= 11 is 1.26. The molecular formula is C24H23FN2O5S. The second-order valence-electron chi connectivity index (χ2n) is 6.73. The summed E-state index contributed by atoms with van der Waals surface area (Å²) in [5, 5.41) is 3.02. The number of pyridine rings is 1. The van der Waals surface area contributed by atoms with Crippen LogP contribution in [0.4, 0.5) is 10.1 Å². The van der Waals surface area contributed by atoms with Gasteiger partial charge < -0.3 is 19.5 Å². The molecule has 0 saturated heterocycles. The van der Waals surface area contributed by atoms with Crippen LogP contribution in [0.2, 0.25) is 0 Å². The third kappa shape index (κ3) is 6.69. The number of anilines is 1. The van der Waals surface area contributed by atoms with Crippen LogP contribution < -0.4 is 19.5 Å². The zero-order valence-corrected chi connectivity index (χ0v) is 18.8. The molecule has 0 spiro atoms. The first kappa shape index (κ1) is 24.1. The summed E-state index contributed by atoms with van der Waals surface area (Å²) in [4.78, 5) is 25.2. The molecule has 1 aromatic heterocycles. The molecule has 0 saturated carbocycles. The minimum absolute atomic E-state index is 0.00919. The smallest absolute Gasteiger partial charge is 0.211 e. The van der Waals surface area contributed by atoms with Crippen LogP contribution in [0.1, 0.15) is 12.8 Å². The first-order chi connectivity index (χ1) is 16.2. The van der Waals surface area contributed by atoms with Gasteiger partial charge in [0.15, 0.2) is 28.7 Å². The molecule has 3 aromatic rings. The van der Waals surface area contributed by atoms with Crippen LogP contribution in [0.3, 0.4) is 0 Å². The van der Waals surface area contributed by atoms with Gasteiger partial charge >= 0.3 is 0 Å². The van der Waals surface area contributed by atoms with Gasteiger partial charge in [-0.2, -0.15) is 0 Å². The standard InChI is InChI=1S/C24H23FN2O5S/c1-30-23-13-18-20(14-24(23)31-10-4-2-3-5-11-33-16-29)26-9-8-21(18)32-22-7-6-17(27-15-28)12-19(22)25/h2,4,6-9,12-16H,3,5,10-11H2,1H3,(H,27,28)/b4-2+. The number of carbonyl (C=O) groups is 2. The molecule has 1 amide bonds. The van der Waals surface area contributed by atoms with E-state index in [9.17, 15) is 14.0 Å². The monoisotopic (exact) mass is 470 g/mol. The Kier molecular flexibility index (Phi) is 9.08. The topological polar surface area (TPSA) is 86.8 Å². The van der Waals surface area contributed by atoms with Gasteiger partial charge in [-0.1, -0.05) is 23.9 Å². The van der Waals surface area contributed by atoms with Crippen molar-refractivity contribution in [3.05, 3.63) is 60.6 Å². The van der Waals surface area contributed by atoms with Crippen LogP contribution in [-0.2, 0) is 9.59 Å². The molecule has 9 heteroatoms. The fraction of sp³-hybridized carbons (Fsp3) is 0.208. The molecule has 33 heavy (non-hydrogen) atoms. The number of methoxy groups -OCH3 is 1. The Hall–Kier alpha value is -3.59. The van der Waals surface area contributed by atoms with Crippen molar-refractivity contribution in [1.82, 2.24) is 4.98 Å². The summed E-state index contributed by atoms with van der Waals surface area (Å²) in [6.45, 7) is 0.352. The predicted octanol–water partition coefficient (Wildman–Crippen LogP) is 5.38. The molecule has 3 rings (SSSR count). The maximum atomic E-state index is 14.4. The fourth-order valence-corrected chi connectivity index (χ4v) is 3.44. The third-order valence-electron chi connectivity index (χ3n) is 4.57. The van der Waals surface area contributed by atoms with Crippen molar-refractivity contribution in [3.8, 4) is 23.0 Å². The van der Waals surface area contributed by atoms with Crippen LogP contribution in [0.25, 0.3) is 10.9 Å². The SMILES string of the molecule is COc1cc2c(Oc3ccc(NC=O)cc3F)ccnc2cc1OC/C=C/CCCSC=O. The normalized spacial score (nSPS) is 10.8. The first-order valence-corrected chi connectivity index (χ1v) is 11.2. The van der Waals surface area contributed by atoms with Gasteiger partial charge in [-0.05, 0) is 37.1 Å². The summed E-state index contributed by atoms with van der Waals surface area (Å²) in [5.74, 6) is 1.60. The maximum absolute atomic E-state index is 14.4. The van der Waals surface area contributed by atoms with Gasteiger partial charge in [0.1, 0.15) is 12.4 Å². The van der Waals surface area contributed by atoms with Crippen LogP contribution in [0.5, 0.6) is 23.0 Å². The fourth-order valence-electron chi connectivity index (χ4n) is 3.01. The molecule has 0 fully saturated rings. The molecule has 0 aliphatic heterocycles. The third-order valence-corrected chi connectivity index (χ3v) is 5.23. The van der Waals surface area contributed by atoms with Gasteiger partial charge in [0.2, 0.25) is 6.41 Å². The number of unbranched alkanes of at least 4 members (excludes halogenated alkanes) is 1. The maximum Gasteiger partial charge on any atom is 0.211 e. The largest absolute Gasteiger partial charge is 0.493 e. The lowest BCUT2D eigenvalue weighted by atomic mass is 10.1. The van der Waals surface area contributed by atoms with Crippen molar-refractivity contribution < 1.29 is 28.2 Å². The summed E-state index contributed by atoms with van der Waals surface area (Å²) in [7, 11) is 1.53. The number of allylic oxidation sites excluding steroid dienone is 1. The Bertz CT molecular complexity index is 1140. The second-order valence-corrected chi connectivity index (χ2v) is 7.66. The van der Waals surface area contributed by atoms with Crippen molar-refractivity contribution >= 4 is 40.4 Å². The van der Waals surface area contributed by atoms with Crippen LogP contribution in [0.15, 0.2) is 54.7 Å². The molecule has 1 heterocycles. The highest BCUT2D eigenvalue weighted by molar-refractivity contribution is 8.11. The summed E-state index contributed by atoms with van der Waals surface area (Å²) in [5.41, 5.74) is 1.77. The summed E-state index contributed by atoms with van der Waals surface area (Å²) < 4.78 is 31.5. The Morgan fingerprint density at radius 3 is 2.70 bits per heavy atom. The van der Waals surface area contributed by atoms with E-state index in [0.717, 1.165) is 24.2 Å². The number of thioether (sulfide) groups is 1. The van der Waals surface area contributed by atoms with Gasteiger partial charge in [0.25, 0.3) is 0 Å². The van der Waals surface area contributed by atoms with E-state index in [1.807, 2.05) is 12.2 Å². The zero-order valence-electron chi connectivity index (χ0n) is 18.0. The quantitative estimate of drug-likeness (QED) is 0.204. The molecule has 172 valence electrons. The number of nitrogens with one attached hydrogen (secondary N) is 1. The minimum atomic E-state index is -0.615. The molecule has 7 nitrogen and oxygen atoms in total. The van der Waals surface area contributed by atoms with Crippen molar-refractivity contribution in [1.29, 1.82) is 0 Å². The van der Waals surface area contributed by atoms with E-state index in [1.165, 1.54) is 37.1 Å². The number of rotatable bonds is 13. The summed E-state index contributed by atoms with van der Waals surface area (Å²) in [6.07, 6.45) is 7.74. The van der Waals surface area contributed by atoms with Crippen LogP contribution in [-0.4, -0.2) is 36.5 Å². The van der Waals surface area contributed by atoms with Crippen molar-refractivity contribution in [2.45, 2.75) is 12.8 Å². The van der Waals surface area contributed by atoms with Crippen LogP contribution in [0, 0.1) is 5.82 Å². The van der Waals surface area contributed by atoms with E-state index in [1.54, 1.807) is 24.4 Å². The van der Waals surface area contributed by atoms with E-state index >= 15 is 0 Å². The summed E-state index contributed by atoms with van der Waals surface area (Å²) in [6, 6.07) is 9.25. The van der Waals surface area contributed by atoms with Gasteiger partial charge in [-0.25, -0.2) is 4.39 Å². The lowest BCUT2D eigenvalue weighted by Crippen LogP contribution is -1.98. The number of hydrogen-bond donors (Lipinski definition) is 1. The highest BCUT2D eigenvalue weighted by Gasteiger charge is 2.13. The Balaban J connectivity index is 1.75. The van der Waals surface area contributed by atoms with E-state index in [0.29, 0.717) is 46.9 Å². The lowest BCUT2D eigenvalue weighted by Gasteiger charge is -2.14. The van der Waals surface area contributed by atoms with Crippen molar-refractivity contribution in [2.75, 3.05) is 24.8 Å². The van der Waals surface area contributed by atoms with Gasteiger partial charge in [-0.15, -0.1) is 0 Å². The molecule has 0 aliphatic rings. The lowest BCUT2D eigenvalue weighted by molar-refractivity contribution is -0.105. The van der Waals surface area contributed by atoms with E-state index in [-0.39, 0.29) is 5.75 Å². The zero-order chi connectivity index (χ0) is 23.5. The van der Waals surface area contributed by atoms with E-state index in [2.05, 4.69) is 10.3 Å². The number of amides is 1. The average Bonchev–Trinajstić information content (AvgIpc) is 2.82. The Morgan fingerprint density at radius 1 is 1.06 bits per heavy atom. The van der Waals surface area contributed by atoms with Gasteiger partial charge in [0, 0.05) is 35.2 Å². The molecule has 0 radical (unpaired) electrons. The molecule has 2 aromatic carbocycles. The Labute approximate surface area is 194 Å². The molecule has 0 bridgehead atoms. The first-order valence-electron chi connectivity index (χ1n) is 10.1. The number of ether oxygens (including phenoxy) is 3. The molecule has 1 N–H and O–H groups in total. The number of fused-ring (bicyclic) bond motifs is 1. The van der Waals surface area contributed by atoms with Crippen molar-refractivity contribution in [2.24, 2.45) is 0 Å². The van der Waals surface area contributed by atoms with Crippen LogP contribution >= 0.6 is 11.8 Å². The highest BCUT2D eigenvalue weighted by Crippen LogP contribution is 2.37. The molecule has 0 atom stereocenters. The Morgan fingerprint density at radius 2 is 1.94 bits per heavy atom. The molecular weight excluding hydrogens is 447 g/mol. The molecule has 0 aliphatic carbocycles. The van der Waals surface area contributed by atoms with E-state index < -0.39 is 5.82 Å². The number of benzene rings is 2. The second kappa shape index (κ2) is 12.4. The minimum Gasteiger partial charge on any atom is -0.493 e.